The molecular formula is C27H27ClF4N4O3. The van der Waals surface area contributed by atoms with Crippen LogP contribution in [0.3, 0.4) is 0 Å². The molecular weight excluding hydrogens is 540 g/mol. The number of rotatable bonds is 5. The number of nitrogens with one attached hydrogen (secondary N) is 1. The molecule has 6 rings (SSSR count). The molecule has 1 saturated heterocycles. The smallest absolute Gasteiger partial charge is 0.418 e. The molecule has 0 radical (unpaired) electrons. The zero-order valence-corrected chi connectivity index (χ0v) is 21.9. The van der Waals surface area contributed by atoms with Crippen LogP contribution >= 0.6 is 11.6 Å². The summed E-state index contributed by atoms with van der Waals surface area (Å²) in [6.07, 6.45) is -3.22. The molecule has 0 bridgehead atoms. The first-order valence-corrected chi connectivity index (χ1v) is 13.2. The Hall–Kier alpha value is -2.89. The molecule has 3 aromatic rings. The van der Waals surface area contributed by atoms with E-state index in [1.54, 1.807) is 19.1 Å². The van der Waals surface area contributed by atoms with Gasteiger partial charge < -0.3 is 15.2 Å². The molecule has 7 nitrogen and oxygen atoms in total. The van der Waals surface area contributed by atoms with Gasteiger partial charge in [-0.05, 0) is 81.6 Å². The fraction of sp³-hybridized carbons (Fsp3) is 0.481. The average Bonchev–Trinajstić information content (AvgIpc) is 3.31. The van der Waals surface area contributed by atoms with E-state index < -0.39 is 34.7 Å². The number of fused-ring (bicyclic) bond motifs is 3. The van der Waals surface area contributed by atoms with Gasteiger partial charge in [0, 0.05) is 17.3 Å². The van der Waals surface area contributed by atoms with Gasteiger partial charge in [0.25, 0.3) is 0 Å². The Morgan fingerprint density at radius 3 is 2.59 bits per heavy atom. The van der Waals surface area contributed by atoms with Crippen molar-refractivity contribution in [2.24, 2.45) is 0 Å². The molecule has 1 aromatic heterocycles. The molecule has 0 unspecified atom stereocenters. The van der Waals surface area contributed by atoms with Crippen LogP contribution < -0.4 is 10.1 Å². The fourth-order valence-electron chi connectivity index (χ4n) is 6.24. The largest absolute Gasteiger partial charge is 0.492 e. The Kier molecular flexibility index (Phi) is 6.13. The number of aliphatic hydroxyl groups is 1. The quantitative estimate of drug-likeness (QED) is 0.410. The van der Waals surface area contributed by atoms with Crippen molar-refractivity contribution in [2.45, 2.75) is 55.8 Å². The molecule has 208 valence electrons. The number of anilines is 1. The van der Waals surface area contributed by atoms with Gasteiger partial charge in [0.1, 0.15) is 12.4 Å². The predicted molar refractivity (Wildman–Crippen MR) is 137 cm³/mol. The van der Waals surface area contributed by atoms with Gasteiger partial charge in [-0.2, -0.15) is 17.6 Å². The maximum absolute atomic E-state index is 14.7. The highest BCUT2D eigenvalue weighted by molar-refractivity contribution is 6.31. The molecule has 3 heterocycles. The summed E-state index contributed by atoms with van der Waals surface area (Å²) in [6, 6.07) is 6.98. The van der Waals surface area contributed by atoms with Crippen LogP contribution in [0.2, 0.25) is 5.02 Å². The third kappa shape index (κ3) is 4.54. The Bertz CT molecular complexity index is 1460. The number of benzene rings is 2. The van der Waals surface area contributed by atoms with Crippen molar-refractivity contribution in [1.82, 2.24) is 14.7 Å². The lowest BCUT2D eigenvalue weighted by Crippen LogP contribution is -2.47. The summed E-state index contributed by atoms with van der Waals surface area (Å²) in [6.45, 7) is 3.30. The monoisotopic (exact) mass is 566 g/mol. The van der Waals surface area contributed by atoms with Crippen LogP contribution in [-0.2, 0) is 16.4 Å². The van der Waals surface area contributed by atoms with Gasteiger partial charge in [-0.15, -0.1) is 5.10 Å². The van der Waals surface area contributed by atoms with Gasteiger partial charge in [0.2, 0.25) is 11.9 Å². The van der Waals surface area contributed by atoms with Crippen molar-refractivity contribution < 1.29 is 32.2 Å². The lowest BCUT2D eigenvalue weighted by molar-refractivity contribution is -0.136. The molecule has 1 aliphatic carbocycles. The summed E-state index contributed by atoms with van der Waals surface area (Å²) in [5.74, 6) is -1.15. The summed E-state index contributed by atoms with van der Waals surface area (Å²) in [5.41, 5.74) is -1.35. The summed E-state index contributed by atoms with van der Waals surface area (Å²) >= 11 is 6.18. The standard InChI is InChI=1S/C27H27ClF4N4O3/c1-25(38)13-16(14-25)36-22-18(23(29)34-36)11-17(12-20(22)27(30,31)32)39-9-8-35-6-4-26(5-7-35)19-10-15(28)2-3-21(19)33-24(26)37/h2-3,10-12,16,38H,4-9,13-14H2,1H3,(H,33,37). The fourth-order valence-corrected chi connectivity index (χ4v) is 6.41. The van der Waals surface area contributed by atoms with Gasteiger partial charge in [-0.25, -0.2) is 0 Å². The van der Waals surface area contributed by atoms with Crippen molar-refractivity contribution >= 4 is 34.1 Å². The number of alkyl halides is 3. The molecule has 2 fully saturated rings. The topological polar surface area (TPSA) is 79.6 Å². The maximum atomic E-state index is 14.7. The van der Waals surface area contributed by atoms with Crippen molar-refractivity contribution in [1.29, 1.82) is 0 Å². The first-order chi connectivity index (χ1) is 18.4. The number of halogens is 5. The van der Waals surface area contributed by atoms with E-state index in [1.807, 2.05) is 6.07 Å². The highest BCUT2D eigenvalue weighted by atomic mass is 35.5. The highest BCUT2D eigenvalue weighted by Gasteiger charge is 2.48. The van der Waals surface area contributed by atoms with Gasteiger partial charge in [-0.1, -0.05) is 11.6 Å². The first-order valence-electron chi connectivity index (χ1n) is 12.8. The number of carbonyl (C=O) groups is 1. The third-order valence-corrected chi connectivity index (χ3v) is 8.53. The van der Waals surface area contributed by atoms with E-state index in [1.165, 1.54) is 6.07 Å². The Morgan fingerprint density at radius 2 is 1.92 bits per heavy atom. The summed E-state index contributed by atoms with van der Waals surface area (Å²) < 4.78 is 63.5. The Labute approximate surface area is 226 Å². The molecule has 12 heteroatoms. The molecule has 0 atom stereocenters. The van der Waals surface area contributed by atoms with Crippen LogP contribution in [0.1, 0.15) is 49.8 Å². The van der Waals surface area contributed by atoms with Crippen molar-refractivity contribution in [3.8, 4) is 5.75 Å². The summed E-state index contributed by atoms with van der Waals surface area (Å²) in [4.78, 5) is 14.9. The van der Waals surface area contributed by atoms with Crippen LogP contribution in [0.5, 0.6) is 5.75 Å². The van der Waals surface area contributed by atoms with E-state index >= 15 is 0 Å². The highest BCUT2D eigenvalue weighted by Crippen LogP contribution is 2.47. The molecule has 2 N–H and O–H groups in total. The minimum atomic E-state index is -4.75. The van der Waals surface area contributed by atoms with E-state index in [9.17, 15) is 27.5 Å². The molecule has 1 saturated carbocycles. The second-order valence-corrected chi connectivity index (χ2v) is 11.5. The van der Waals surface area contributed by atoms with Crippen molar-refractivity contribution in [3.05, 3.63) is 52.4 Å². The van der Waals surface area contributed by atoms with E-state index in [0.717, 1.165) is 22.0 Å². The van der Waals surface area contributed by atoms with E-state index in [2.05, 4.69) is 15.3 Å². The number of aromatic nitrogens is 2. The molecule has 3 aliphatic rings. The number of amides is 1. The Morgan fingerprint density at radius 1 is 1.21 bits per heavy atom. The molecule has 39 heavy (non-hydrogen) atoms. The van der Waals surface area contributed by atoms with Gasteiger partial charge >= 0.3 is 6.18 Å². The lowest BCUT2D eigenvalue weighted by atomic mass is 9.73. The van der Waals surface area contributed by atoms with Gasteiger partial charge in [0.15, 0.2) is 0 Å². The molecule has 2 aromatic carbocycles. The second-order valence-electron chi connectivity index (χ2n) is 11.1. The number of ether oxygens (including phenoxy) is 1. The number of likely N-dealkylation sites (tertiary alicyclic amines) is 1. The number of hydrogen-bond donors (Lipinski definition) is 2. The summed E-state index contributed by atoms with van der Waals surface area (Å²) in [7, 11) is 0. The van der Waals surface area contributed by atoms with Crippen LogP contribution in [0.15, 0.2) is 30.3 Å². The minimum Gasteiger partial charge on any atom is -0.492 e. The minimum absolute atomic E-state index is 0.0447. The maximum Gasteiger partial charge on any atom is 0.418 e. The number of carbonyl (C=O) groups excluding carboxylic acids is 1. The van der Waals surface area contributed by atoms with Gasteiger partial charge in [0.05, 0.1) is 33.5 Å². The summed E-state index contributed by atoms with van der Waals surface area (Å²) in [5, 5.41) is 17.0. The van der Waals surface area contributed by atoms with Crippen molar-refractivity contribution in [3.63, 3.8) is 0 Å². The number of piperidine rings is 1. The van der Waals surface area contributed by atoms with Gasteiger partial charge in [-0.3, -0.25) is 14.4 Å². The SMILES string of the molecule is CC1(O)CC(n2nc(F)c3cc(OCCN4CCC5(CC4)C(=O)Nc4ccc(Cl)cc45)cc(C(F)(F)F)c32)C1. The zero-order chi connectivity index (χ0) is 27.7. The normalized spacial score (nSPS) is 24.6. The predicted octanol–water partition coefficient (Wildman–Crippen LogP) is 5.30. The molecule has 2 aliphatic heterocycles. The second kappa shape index (κ2) is 9.07. The van der Waals surface area contributed by atoms with Crippen LogP contribution in [0.25, 0.3) is 10.9 Å². The van der Waals surface area contributed by atoms with E-state index in [4.69, 9.17) is 16.3 Å². The Balaban J connectivity index is 1.15. The van der Waals surface area contributed by atoms with Crippen LogP contribution in [0.4, 0.5) is 23.2 Å². The lowest BCUT2D eigenvalue weighted by Gasteiger charge is -2.41. The first kappa shape index (κ1) is 26.3. The third-order valence-electron chi connectivity index (χ3n) is 8.30. The van der Waals surface area contributed by atoms with E-state index in [-0.39, 0.29) is 42.0 Å². The molecule has 1 spiro atoms. The van der Waals surface area contributed by atoms with Crippen LogP contribution in [0, 0.1) is 5.95 Å². The number of nitrogens with zero attached hydrogens (tertiary/aromatic N) is 3. The number of hydrogen-bond acceptors (Lipinski definition) is 5. The van der Waals surface area contributed by atoms with Crippen LogP contribution in [-0.4, -0.2) is 57.5 Å². The van der Waals surface area contributed by atoms with Crippen molar-refractivity contribution in [2.75, 3.05) is 31.6 Å². The molecule has 1 amide bonds. The average molecular weight is 567 g/mol. The van der Waals surface area contributed by atoms with E-state index in [0.29, 0.717) is 37.5 Å². The zero-order valence-electron chi connectivity index (χ0n) is 21.1.